The Bertz CT molecular complexity index is 526. The van der Waals surface area contributed by atoms with Crippen molar-refractivity contribution < 1.29 is 14.4 Å². The molecule has 0 aliphatic heterocycles. The molecule has 120 valence electrons. The number of amides is 3. The van der Waals surface area contributed by atoms with E-state index in [0.29, 0.717) is 12.2 Å². The number of anilines is 1. The molecular formula is C16H23N3O3. The summed E-state index contributed by atoms with van der Waals surface area (Å²) in [5.41, 5.74) is 1.50. The molecule has 0 radical (unpaired) electrons. The monoisotopic (exact) mass is 305 g/mol. The van der Waals surface area contributed by atoms with E-state index in [2.05, 4.69) is 16.0 Å². The van der Waals surface area contributed by atoms with Crippen LogP contribution in [0.25, 0.3) is 0 Å². The summed E-state index contributed by atoms with van der Waals surface area (Å²) in [6, 6.07) is 6.46. The number of carbonyl (C=O) groups excluding carboxylic acids is 3. The number of hydrogen-bond donors (Lipinski definition) is 3. The van der Waals surface area contributed by atoms with E-state index in [4.69, 9.17) is 0 Å². The molecule has 3 amide bonds. The Kier molecular flexibility index (Phi) is 7.08. The molecule has 0 spiro atoms. The van der Waals surface area contributed by atoms with E-state index in [9.17, 15) is 14.4 Å². The Morgan fingerprint density at radius 2 is 1.77 bits per heavy atom. The minimum atomic E-state index is -0.558. The average Bonchev–Trinajstić information content (AvgIpc) is 2.46. The molecule has 0 heterocycles. The van der Waals surface area contributed by atoms with Crippen molar-refractivity contribution in [1.82, 2.24) is 10.6 Å². The summed E-state index contributed by atoms with van der Waals surface area (Å²) in [7, 11) is 0. The van der Waals surface area contributed by atoms with E-state index in [0.717, 1.165) is 12.0 Å². The van der Waals surface area contributed by atoms with E-state index in [1.807, 2.05) is 6.92 Å². The van der Waals surface area contributed by atoms with Crippen molar-refractivity contribution in [3.8, 4) is 0 Å². The highest BCUT2D eigenvalue weighted by atomic mass is 16.2. The summed E-state index contributed by atoms with van der Waals surface area (Å²) in [6.45, 7) is 5.66. The van der Waals surface area contributed by atoms with Crippen LogP contribution in [0.4, 0.5) is 5.69 Å². The molecule has 0 aliphatic rings. The first kappa shape index (κ1) is 17.7. The van der Waals surface area contributed by atoms with Gasteiger partial charge in [0.25, 0.3) is 0 Å². The van der Waals surface area contributed by atoms with Crippen LogP contribution in [0, 0.1) is 0 Å². The summed E-state index contributed by atoms with van der Waals surface area (Å²) in [5.74, 6) is -0.542. The third-order valence-corrected chi connectivity index (χ3v) is 2.96. The van der Waals surface area contributed by atoms with Crippen molar-refractivity contribution in [1.29, 1.82) is 0 Å². The van der Waals surface area contributed by atoms with Crippen molar-refractivity contribution in [2.45, 2.75) is 39.7 Å². The molecule has 1 aromatic carbocycles. The first-order valence-electron chi connectivity index (χ1n) is 7.36. The van der Waals surface area contributed by atoms with Crippen molar-refractivity contribution in [2.24, 2.45) is 0 Å². The van der Waals surface area contributed by atoms with Crippen LogP contribution in [-0.2, 0) is 20.8 Å². The van der Waals surface area contributed by atoms with Gasteiger partial charge in [-0.2, -0.15) is 0 Å². The fourth-order valence-corrected chi connectivity index (χ4v) is 1.85. The summed E-state index contributed by atoms with van der Waals surface area (Å²) in [4.78, 5) is 34.5. The van der Waals surface area contributed by atoms with E-state index < -0.39 is 6.04 Å². The molecule has 0 fully saturated rings. The van der Waals surface area contributed by atoms with Crippen LogP contribution < -0.4 is 16.0 Å². The highest BCUT2D eigenvalue weighted by molar-refractivity contribution is 5.89. The van der Waals surface area contributed by atoms with Crippen LogP contribution in [-0.4, -0.2) is 30.3 Å². The van der Waals surface area contributed by atoms with Gasteiger partial charge in [-0.3, -0.25) is 14.4 Å². The van der Waals surface area contributed by atoms with Crippen molar-refractivity contribution in [3.05, 3.63) is 29.8 Å². The molecule has 1 atom stereocenters. The zero-order valence-electron chi connectivity index (χ0n) is 13.2. The Morgan fingerprint density at radius 3 is 2.32 bits per heavy atom. The minimum Gasteiger partial charge on any atom is -0.354 e. The van der Waals surface area contributed by atoms with Gasteiger partial charge < -0.3 is 16.0 Å². The first-order chi connectivity index (χ1) is 10.4. The average molecular weight is 305 g/mol. The Hall–Kier alpha value is -2.37. The maximum atomic E-state index is 11.9. The summed E-state index contributed by atoms with van der Waals surface area (Å²) < 4.78 is 0. The molecule has 3 N–H and O–H groups in total. The zero-order valence-corrected chi connectivity index (χ0v) is 13.2. The second-order valence-electron chi connectivity index (χ2n) is 5.14. The lowest BCUT2D eigenvalue weighted by Crippen LogP contribution is -2.45. The quantitative estimate of drug-likeness (QED) is 0.708. The highest BCUT2D eigenvalue weighted by Gasteiger charge is 2.14. The maximum absolute atomic E-state index is 11.9. The zero-order chi connectivity index (χ0) is 16.5. The van der Waals surface area contributed by atoms with Gasteiger partial charge in [0.15, 0.2) is 0 Å². The summed E-state index contributed by atoms with van der Waals surface area (Å²) in [6.07, 6.45) is 1.04. The Balaban J connectivity index is 2.47. The minimum absolute atomic E-state index is 0.141. The van der Waals surface area contributed by atoms with E-state index in [-0.39, 0.29) is 24.1 Å². The molecule has 1 rings (SSSR count). The standard InChI is InChI=1S/C16H23N3O3/c1-4-9-17-16(22)11(2)18-15(21)10-13-5-7-14(8-6-13)19-12(3)20/h5-8,11H,4,9-10H2,1-3H3,(H,17,22)(H,18,21)(H,19,20)/t11-/m0/s1. The van der Waals surface area contributed by atoms with Gasteiger partial charge in [0.05, 0.1) is 6.42 Å². The fraction of sp³-hybridized carbons (Fsp3) is 0.438. The SMILES string of the molecule is CCCNC(=O)[C@H](C)NC(=O)Cc1ccc(NC(C)=O)cc1. The number of benzene rings is 1. The van der Waals surface area contributed by atoms with Gasteiger partial charge in [0.1, 0.15) is 6.04 Å². The van der Waals surface area contributed by atoms with Crippen molar-refractivity contribution >= 4 is 23.4 Å². The first-order valence-corrected chi connectivity index (χ1v) is 7.36. The number of hydrogen-bond acceptors (Lipinski definition) is 3. The van der Waals surface area contributed by atoms with Gasteiger partial charge in [-0.1, -0.05) is 19.1 Å². The number of rotatable bonds is 7. The second-order valence-corrected chi connectivity index (χ2v) is 5.14. The Labute approximate surface area is 130 Å². The molecule has 0 saturated heterocycles. The van der Waals surface area contributed by atoms with Crippen LogP contribution in [0.3, 0.4) is 0 Å². The molecule has 1 aromatic rings. The third kappa shape index (κ3) is 6.39. The van der Waals surface area contributed by atoms with Crippen LogP contribution in [0.2, 0.25) is 0 Å². The molecule has 22 heavy (non-hydrogen) atoms. The van der Waals surface area contributed by atoms with Crippen molar-refractivity contribution in [2.75, 3.05) is 11.9 Å². The highest BCUT2D eigenvalue weighted by Crippen LogP contribution is 2.10. The predicted octanol–water partition coefficient (Wildman–Crippen LogP) is 1.22. The molecule has 0 bridgehead atoms. The summed E-state index contributed by atoms with van der Waals surface area (Å²) in [5, 5.41) is 8.06. The maximum Gasteiger partial charge on any atom is 0.242 e. The number of carbonyl (C=O) groups is 3. The van der Waals surface area contributed by atoms with E-state index >= 15 is 0 Å². The lowest BCUT2D eigenvalue weighted by atomic mass is 10.1. The van der Waals surface area contributed by atoms with Gasteiger partial charge in [0, 0.05) is 19.2 Å². The van der Waals surface area contributed by atoms with Gasteiger partial charge in [0.2, 0.25) is 17.7 Å². The molecule has 6 nitrogen and oxygen atoms in total. The smallest absolute Gasteiger partial charge is 0.242 e. The fourth-order valence-electron chi connectivity index (χ4n) is 1.85. The lowest BCUT2D eigenvalue weighted by molar-refractivity contribution is -0.128. The van der Waals surface area contributed by atoms with Gasteiger partial charge in [-0.15, -0.1) is 0 Å². The Morgan fingerprint density at radius 1 is 1.14 bits per heavy atom. The molecule has 6 heteroatoms. The van der Waals surface area contributed by atoms with Crippen molar-refractivity contribution in [3.63, 3.8) is 0 Å². The second kappa shape index (κ2) is 8.81. The lowest BCUT2D eigenvalue weighted by Gasteiger charge is -2.14. The number of nitrogens with one attached hydrogen (secondary N) is 3. The van der Waals surface area contributed by atoms with Crippen LogP contribution in [0.15, 0.2) is 24.3 Å². The van der Waals surface area contributed by atoms with Crippen LogP contribution in [0.5, 0.6) is 0 Å². The van der Waals surface area contributed by atoms with Crippen LogP contribution in [0.1, 0.15) is 32.8 Å². The predicted molar refractivity (Wildman–Crippen MR) is 85.4 cm³/mol. The molecule has 0 unspecified atom stereocenters. The summed E-state index contributed by atoms with van der Waals surface area (Å²) >= 11 is 0. The topological polar surface area (TPSA) is 87.3 Å². The van der Waals surface area contributed by atoms with Gasteiger partial charge >= 0.3 is 0 Å². The largest absolute Gasteiger partial charge is 0.354 e. The van der Waals surface area contributed by atoms with Crippen LogP contribution >= 0.6 is 0 Å². The molecular weight excluding hydrogens is 282 g/mol. The normalized spacial score (nSPS) is 11.4. The third-order valence-electron chi connectivity index (χ3n) is 2.96. The molecule has 0 aliphatic carbocycles. The van der Waals surface area contributed by atoms with E-state index in [1.165, 1.54) is 6.92 Å². The molecule has 0 saturated carbocycles. The van der Waals surface area contributed by atoms with E-state index in [1.54, 1.807) is 31.2 Å². The van der Waals surface area contributed by atoms with Gasteiger partial charge in [-0.05, 0) is 31.0 Å². The van der Waals surface area contributed by atoms with Gasteiger partial charge in [-0.25, -0.2) is 0 Å². The molecule has 0 aromatic heterocycles.